The normalized spacial score (nSPS) is 11.4. The molecule has 0 rings (SSSR count). The molecule has 0 heterocycles. The van der Waals surface area contributed by atoms with E-state index in [4.69, 9.17) is 11.6 Å². The van der Waals surface area contributed by atoms with Crippen LogP contribution < -0.4 is 5.11 Å². The van der Waals surface area contributed by atoms with E-state index in [1.165, 1.54) is 0 Å². The van der Waals surface area contributed by atoms with Crippen LogP contribution in [0.15, 0.2) is 0 Å². The lowest BCUT2D eigenvalue weighted by Crippen LogP contribution is -2.38. The van der Waals surface area contributed by atoms with E-state index < -0.39 is 11.4 Å². The molecule has 0 saturated heterocycles. The third kappa shape index (κ3) is 2.70. The summed E-state index contributed by atoms with van der Waals surface area (Å²) in [6.07, 6.45) is 0.455. The quantitative estimate of drug-likeness (QED) is 0.545. The number of carboxylic acids is 1. The SMILES string of the molecule is CC(C)(CCCl)C(=O)[O-]. The molecule has 0 spiro atoms. The predicted octanol–water partition coefficient (Wildman–Crippen LogP) is 0.391. The van der Waals surface area contributed by atoms with Crippen LogP contribution in [0.5, 0.6) is 0 Å². The van der Waals surface area contributed by atoms with Crippen molar-refractivity contribution < 1.29 is 9.90 Å². The van der Waals surface area contributed by atoms with Crippen LogP contribution in [0.1, 0.15) is 20.3 Å². The maximum absolute atomic E-state index is 10.2. The third-order valence-electron chi connectivity index (χ3n) is 1.27. The van der Waals surface area contributed by atoms with Gasteiger partial charge in [0.05, 0.1) is 0 Å². The fraction of sp³-hybridized carbons (Fsp3) is 0.833. The Hall–Kier alpha value is -0.240. The Kier molecular flexibility index (Phi) is 2.98. The molecule has 0 aromatic rings. The number of carbonyl (C=O) groups is 1. The van der Waals surface area contributed by atoms with Gasteiger partial charge in [-0.15, -0.1) is 11.6 Å². The highest BCUT2D eigenvalue weighted by atomic mass is 35.5. The Balaban J connectivity index is 3.85. The van der Waals surface area contributed by atoms with E-state index >= 15 is 0 Å². The molecule has 0 aromatic heterocycles. The van der Waals surface area contributed by atoms with Crippen LogP contribution in [0.4, 0.5) is 0 Å². The second kappa shape index (κ2) is 3.06. The second-order valence-corrected chi connectivity index (χ2v) is 2.99. The van der Waals surface area contributed by atoms with E-state index in [2.05, 4.69) is 0 Å². The number of rotatable bonds is 3. The maximum Gasteiger partial charge on any atom is 0.0471 e. The van der Waals surface area contributed by atoms with Gasteiger partial charge in [-0.1, -0.05) is 13.8 Å². The predicted molar refractivity (Wildman–Crippen MR) is 34.1 cm³/mol. The van der Waals surface area contributed by atoms with Gasteiger partial charge in [0.25, 0.3) is 0 Å². The van der Waals surface area contributed by atoms with Crippen molar-refractivity contribution in [2.75, 3.05) is 5.88 Å². The van der Waals surface area contributed by atoms with Crippen LogP contribution in [-0.2, 0) is 4.79 Å². The molecule has 0 aliphatic rings. The summed E-state index contributed by atoms with van der Waals surface area (Å²) >= 11 is 5.34. The topological polar surface area (TPSA) is 40.1 Å². The Labute approximate surface area is 59.8 Å². The van der Waals surface area contributed by atoms with Gasteiger partial charge in [0.15, 0.2) is 0 Å². The van der Waals surface area contributed by atoms with Crippen molar-refractivity contribution in [1.29, 1.82) is 0 Å². The lowest BCUT2D eigenvalue weighted by atomic mass is 9.91. The molecule has 0 aromatic carbocycles. The van der Waals surface area contributed by atoms with Crippen LogP contribution in [0, 0.1) is 5.41 Å². The first-order valence-corrected chi connectivity index (χ1v) is 3.31. The van der Waals surface area contributed by atoms with Crippen LogP contribution in [0.2, 0.25) is 0 Å². The van der Waals surface area contributed by atoms with Gasteiger partial charge in [0, 0.05) is 17.3 Å². The Bertz CT molecular complexity index is 110. The molecule has 0 fully saturated rings. The van der Waals surface area contributed by atoms with Crippen molar-refractivity contribution >= 4 is 17.6 Å². The molecule has 0 aliphatic heterocycles. The molecule has 0 aliphatic carbocycles. The number of hydrogen-bond donors (Lipinski definition) is 0. The summed E-state index contributed by atoms with van der Waals surface area (Å²) in [6.45, 7) is 3.20. The fourth-order valence-electron chi connectivity index (χ4n) is 0.338. The Morgan fingerprint density at radius 2 is 2.11 bits per heavy atom. The monoisotopic (exact) mass is 149 g/mol. The second-order valence-electron chi connectivity index (χ2n) is 2.61. The van der Waals surface area contributed by atoms with Crippen molar-refractivity contribution in [2.24, 2.45) is 5.41 Å². The first-order chi connectivity index (χ1) is 4.00. The lowest BCUT2D eigenvalue weighted by molar-refractivity contribution is -0.317. The van der Waals surface area contributed by atoms with Gasteiger partial charge in [-0.3, -0.25) is 0 Å². The van der Waals surface area contributed by atoms with Crippen molar-refractivity contribution in [3.05, 3.63) is 0 Å². The number of aliphatic carboxylic acids is 1. The van der Waals surface area contributed by atoms with Crippen LogP contribution in [0.3, 0.4) is 0 Å². The van der Waals surface area contributed by atoms with Crippen LogP contribution >= 0.6 is 11.6 Å². The highest BCUT2D eigenvalue weighted by Gasteiger charge is 2.17. The summed E-state index contributed by atoms with van der Waals surface area (Å²) in [5.74, 6) is -0.677. The summed E-state index contributed by atoms with van der Waals surface area (Å²) in [6, 6.07) is 0. The number of halogens is 1. The molecule has 0 amide bonds. The van der Waals surface area contributed by atoms with E-state index in [-0.39, 0.29) is 0 Å². The number of carboxylic acid groups (broad SMARTS) is 1. The average molecular weight is 150 g/mol. The maximum atomic E-state index is 10.2. The summed E-state index contributed by atoms with van der Waals surface area (Å²) in [5.41, 5.74) is -0.776. The first kappa shape index (κ1) is 8.76. The molecule has 0 bridgehead atoms. The van der Waals surface area contributed by atoms with Gasteiger partial charge in [0.1, 0.15) is 0 Å². The van der Waals surface area contributed by atoms with Gasteiger partial charge in [-0.2, -0.15) is 0 Å². The molecule has 0 saturated carbocycles. The van der Waals surface area contributed by atoms with Crippen molar-refractivity contribution in [3.8, 4) is 0 Å². The minimum absolute atomic E-state index is 0.362. The molecule has 0 atom stereocenters. The summed E-state index contributed by atoms with van der Waals surface area (Å²) in [7, 11) is 0. The highest BCUT2D eigenvalue weighted by molar-refractivity contribution is 6.18. The zero-order valence-corrected chi connectivity index (χ0v) is 6.36. The molecule has 3 heteroatoms. The zero-order valence-electron chi connectivity index (χ0n) is 5.61. The molecule has 9 heavy (non-hydrogen) atoms. The van der Waals surface area contributed by atoms with Crippen molar-refractivity contribution in [2.45, 2.75) is 20.3 Å². The molecule has 0 unspecified atom stereocenters. The molecule has 0 N–H and O–H groups in total. The summed E-state index contributed by atoms with van der Waals surface area (Å²) < 4.78 is 0. The minimum Gasteiger partial charge on any atom is -0.550 e. The minimum atomic E-state index is -1.04. The highest BCUT2D eigenvalue weighted by Crippen LogP contribution is 2.18. The molecular formula is C6H10ClO2-. The summed E-state index contributed by atoms with van der Waals surface area (Å²) in [4.78, 5) is 10.2. The number of alkyl halides is 1. The first-order valence-electron chi connectivity index (χ1n) is 2.78. The Morgan fingerprint density at radius 1 is 1.67 bits per heavy atom. The van der Waals surface area contributed by atoms with Crippen LogP contribution in [0.25, 0.3) is 0 Å². The molecule has 54 valence electrons. The van der Waals surface area contributed by atoms with Gasteiger partial charge in [-0.25, -0.2) is 0 Å². The fourth-order valence-corrected chi connectivity index (χ4v) is 0.811. The van der Waals surface area contributed by atoms with Crippen molar-refractivity contribution in [3.63, 3.8) is 0 Å². The van der Waals surface area contributed by atoms with Crippen molar-refractivity contribution in [1.82, 2.24) is 0 Å². The lowest BCUT2D eigenvalue weighted by Gasteiger charge is -2.23. The standard InChI is InChI=1S/C6H11ClO2/c1-6(2,3-4-7)5(8)9/h3-4H2,1-2H3,(H,8,9)/p-1. The average Bonchev–Trinajstić information content (AvgIpc) is 1.65. The van der Waals surface area contributed by atoms with Gasteiger partial charge in [-0.05, 0) is 6.42 Å². The number of carbonyl (C=O) groups excluding carboxylic acids is 1. The summed E-state index contributed by atoms with van der Waals surface area (Å²) in [5, 5.41) is 10.2. The van der Waals surface area contributed by atoms with E-state index in [1.54, 1.807) is 13.8 Å². The zero-order chi connectivity index (χ0) is 7.49. The van der Waals surface area contributed by atoms with Gasteiger partial charge < -0.3 is 9.90 Å². The van der Waals surface area contributed by atoms with Crippen LogP contribution in [-0.4, -0.2) is 11.8 Å². The Morgan fingerprint density at radius 3 is 2.22 bits per heavy atom. The van der Waals surface area contributed by atoms with E-state index in [9.17, 15) is 9.90 Å². The van der Waals surface area contributed by atoms with E-state index in [0.29, 0.717) is 12.3 Å². The molecular weight excluding hydrogens is 140 g/mol. The number of hydrogen-bond acceptors (Lipinski definition) is 2. The largest absolute Gasteiger partial charge is 0.550 e. The van der Waals surface area contributed by atoms with E-state index in [1.807, 2.05) is 0 Å². The van der Waals surface area contributed by atoms with E-state index in [0.717, 1.165) is 0 Å². The van der Waals surface area contributed by atoms with Gasteiger partial charge >= 0.3 is 0 Å². The third-order valence-corrected chi connectivity index (χ3v) is 1.46. The smallest absolute Gasteiger partial charge is 0.0471 e. The molecule has 2 nitrogen and oxygen atoms in total. The molecule has 0 radical (unpaired) electrons. The van der Waals surface area contributed by atoms with Gasteiger partial charge in [0.2, 0.25) is 0 Å².